The second-order valence-electron chi connectivity index (χ2n) is 4.75. The van der Waals surface area contributed by atoms with Crippen molar-refractivity contribution in [3.63, 3.8) is 0 Å². The number of hydrogen-bond donors (Lipinski definition) is 1. The predicted octanol–water partition coefficient (Wildman–Crippen LogP) is 6.01. The van der Waals surface area contributed by atoms with E-state index >= 15 is 0 Å². The van der Waals surface area contributed by atoms with Crippen LogP contribution in [0.5, 0.6) is 0 Å². The van der Waals surface area contributed by atoms with Crippen molar-refractivity contribution in [2.45, 2.75) is 19.4 Å². The highest BCUT2D eigenvalue weighted by molar-refractivity contribution is 9.11. The molecule has 0 saturated heterocycles. The van der Waals surface area contributed by atoms with Gasteiger partial charge in [-0.05, 0) is 54.4 Å². The van der Waals surface area contributed by atoms with E-state index in [1.54, 1.807) is 0 Å². The largest absolute Gasteiger partial charge is 0.310 e. The summed E-state index contributed by atoms with van der Waals surface area (Å²) < 4.78 is 16.8. The molecular weight excluding hydrogens is 465 g/mol. The van der Waals surface area contributed by atoms with Crippen LogP contribution in [0.15, 0.2) is 49.8 Å². The van der Waals surface area contributed by atoms with Crippen LogP contribution in [-0.4, -0.2) is 6.54 Å². The van der Waals surface area contributed by atoms with Crippen LogP contribution in [0.3, 0.4) is 0 Å². The molecule has 0 aliphatic heterocycles. The molecule has 2 rings (SSSR count). The number of benzene rings is 2. The van der Waals surface area contributed by atoms with E-state index in [0.29, 0.717) is 12.0 Å². The molecule has 0 amide bonds. The second-order valence-corrected chi connectivity index (χ2v) is 7.50. The zero-order valence-corrected chi connectivity index (χ0v) is 16.2. The van der Waals surface area contributed by atoms with Gasteiger partial charge < -0.3 is 5.32 Å². The number of nitrogens with one attached hydrogen (secondary N) is 1. The van der Waals surface area contributed by atoms with E-state index in [9.17, 15) is 4.39 Å². The first kappa shape index (κ1) is 17.1. The maximum absolute atomic E-state index is 14.0. The summed E-state index contributed by atoms with van der Waals surface area (Å²) in [6, 6.07) is 11.4. The third kappa shape index (κ3) is 4.88. The molecule has 1 nitrogen and oxygen atoms in total. The van der Waals surface area contributed by atoms with Gasteiger partial charge in [-0.1, -0.05) is 60.8 Å². The zero-order chi connectivity index (χ0) is 15.4. The van der Waals surface area contributed by atoms with Crippen molar-refractivity contribution >= 4 is 47.8 Å². The van der Waals surface area contributed by atoms with Gasteiger partial charge >= 0.3 is 0 Å². The first-order chi connectivity index (χ1) is 9.99. The van der Waals surface area contributed by atoms with Gasteiger partial charge in [0.2, 0.25) is 0 Å². The minimum Gasteiger partial charge on any atom is -0.310 e. The van der Waals surface area contributed by atoms with E-state index in [0.717, 1.165) is 25.5 Å². The topological polar surface area (TPSA) is 12.0 Å². The fraction of sp³-hybridized carbons (Fsp3) is 0.250. The molecule has 2 aromatic rings. The normalized spacial score (nSPS) is 12.4. The quantitative estimate of drug-likeness (QED) is 0.554. The molecule has 1 atom stereocenters. The summed E-state index contributed by atoms with van der Waals surface area (Å²) in [5.41, 5.74) is 1.83. The summed E-state index contributed by atoms with van der Waals surface area (Å²) >= 11 is 10.3. The Morgan fingerprint density at radius 2 is 1.67 bits per heavy atom. The summed E-state index contributed by atoms with van der Waals surface area (Å²) in [6.07, 6.45) is 0.607. The number of likely N-dealkylation sites (N-methyl/N-ethyl adjacent to an activating group) is 1. The van der Waals surface area contributed by atoms with E-state index in [1.807, 2.05) is 18.2 Å². The first-order valence-corrected chi connectivity index (χ1v) is 9.00. The molecule has 0 bridgehead atoms. The minimum atomic E-state index is -0.179. The van der Waals surface area contributed by atoms with Gasteiger partial charge in [0.1, 0.15) is 5.82 Å². The molecular formula is C16H15Br3FN. The Labute approximate surface area is 149 Å². The minimum absolute atomic E-state index is 0.0690. The van der Waals surface area contributed by atoms with Crippen LogP contribution in [-0.2, 0) is 6.42 Å². The summed E-state index contributed by atoms with van der Waals surface area (Å²) in [4.78, 5) is 0. The molecule has 21 heavy (non-hydrogen) atoms. The Morgan fingerprint density at radius 3 is 2.24 bits per heavy atom. The maximum Gasteiger partial charge on any atom is 0.127 e. The van der Waals surface area contributed by atoms with Crippen LogP contribution in [0.2, 0.25) is 0 Å². The van der Waals surface area contributed by atoms with E-state index in [2.05, 4.69) is 72.2 Å². The Hall–Kier alpha value is -0.230. The predicted molar refractivity (Wildman–Crippen MR) is 96.1 cm³/mol. The van der Waals surface area contributed by atoms with Crippen molar-refractivity contribution < 1.29 is 4.39 Å². The van der Waals surface area contributed by atoms with Gasteiger partial charge in [-0.25, -0.2) is 4.39 Å². The summed E-state index contributed by atoms with van der Waals surface area (Å²) in [7, 11) is 0. The Balaban J connectivity index is 2.30. The van der Waals surface area contributed by atoms with E-state index in [1.165, 1.54) is 6.07 Å². The van der Waals surface area contributed by atoms with Crippen molar-refractivity contribution in [1.29, 1.82) is 0 Å². The van der Waals surface area contributed by atoms with Crippen LogP contribution in [0.25, 0.3) is 0 Å². The van der Waals surface area contributed by atoms with Crippen molar-refractivity contribution in [3.05, 3.63) is 66.8 Å². The summed E-state index contributed by atoms with van der Waals surface area (Å²) in [5.74, 6) is -0.179. The lowest BCUT2D eigenvalue weighted by Crippen LogP contribution is -2.23. The number of hydrogen-bond acceptors (Lipinski definition) is 1. The molecule has 0 fully saturated rings. The highest BCUT2D eigenvalue weighted by Gasteiger charge is 2.15. The molecule has 1 N–H and O–H groups in total. The van der Waals surface area contributed by atoms with E-state index < -0.39 is 0 Å². The van der Waals surface area contributed by atoms with Crippen LogP contribution < -0.4 is 5.32 Å². The monoisotopic (exact) mass is 477 g/mol. The van der Waals surface area contributed by atoms with Crippen LogP contribution in [0, 0.1) is 5.82 Å². The molecule has 1 unspecified atom stereocenters. The van der Waals surface area contributed by atoms with Crippen molar-refractivity contribution in [2.24, 2.45) is 0 Å². The van der Waals surface area contributed by atoms with Crippen LogP contribution in [0.1, 0.15) is 24.1 Å². The Bertz CT molecular complexity index is 611. The molecule has 0 saturated carbocycles. The highest BCUT2D eigenvalue weighted by atomic mass is 79.9. The average molecular weight is 480 g/mol. The van der Waals surface area contributed by atoms with Gasteiger partial charge in [-0.15, -0.1) is 0 Å². The zero-order valence-electron chi connectivity index (χ0n) is 11.5. The lowest BCUT2D eigenvalue weighted by atomic mass is 9.98. The Morgan fingerprint density at radius 1 is 1.00 bits per heavy atom. The van der Waals surface area contributed by atoms with Gasteiger partial charge in [-0.2, -0.15) is 0 Å². The first-order valence-electron chi connectivity index (χ1n) is 6.63. The van der Waals surface area contributed by atoms with E-state index in [4.69, 9.17) is 0 Å². The van der Waals surface area contributed by atoms with Crippen LogP contribution >= 0.6 is 47.8 Å². The standard InChI is InChI=1S/C16H15Br3FN/c1-2-21-16(11-5-13(18)8-14(19)6-11)7-10-3-4-12(17)9-15(10)20/h3-6,8-9,16,21H,2,7H2,1H3. The highest BCUT2D eigenvalue weighted by Crippen LogP contribution is 2.27. The van der Waals surface area contributed by atoms with Gasteiger partial charge in [0.05, 0.1) is 0 Å². The third-order valence-electron chi connectivity index (χ3n) is 3.18. The van der Waals surface area contributed by atoms with Crippen molar-refractivity contribution in [3.8, 4) is 0 Å². The molecule has 0 radical (unpaired) electrons. The average Bonchev–Trinajstić information content (AvgIpc) is 2.40. The van der Waals surface area contributed by atoms with E-state index in [-0.39, 0.29) is 11.9 Å². The fourth-order valence-electron chi connectivity index (χ4n) is 2.24. The molecule has 5 heteroatoms. The van der Waals surface area contributed by atoms with Gasteiger partial charge in [0, 0.05) is 19.5 Å². The van der Waals surface area contributed by atoms with Crippen LogP contribution in [0.4, 0.5) is 4.39 Å². The number of rotatable bonds is 5. The lowest BCUT2D eigenvalue weighted by Gasteiger charge is -2.19. The Kier molecular flexibility index (Phi) is 6.41. The number of halogens is 4. The smallest absolute Gasteiger partial charge is 0.127 e. The maximum atomic E-state index is 14.0. The van der Waals surface area contributed by atoms with Gasteiger partial charge in [0.15, 0.2) is 0 Å². The van der Waals surface area contributed by atoms with Crippen molar-refractivity contribution in [1.82, 2.24) is 5.32 Å². The summed E-state index contributed by atoms with van der Waals surface area (Å²) in [5, 5.41) is 3.42. The molecule has 0 aliphatic carbocycles. The molecule has 0 aliphatic rings. The molecule has 112 valence electrons. The second kappa shape index (κ2) is 7.86. The van der Waals surface area contributed by atoms with Crippen molar-refractivity contribution in [2.75, 3.05) is 6.54 Å². The molecule has 2 aromatic carbocycles. The van der Waals surface area contributed by atoms with Gasteiger partial charge in [0.25, 0.3) is 0 Å². The SMILES string of the molecule is CCNC(Cc1ccc(Br)cc1F)c1cc(Br)cc(Br)c1. The third-order valence-corrected chi connectivity index (χ3v) is 4.59. The van der Waals surface area contributed by atoms with Gasteiger partial charge in [-0.3, -0.25) is 0 Å². The molecule has 0 spiro atoms. The lowest BCUT2D eigenvalue weighted by molar-refractivity contribution is 0.527. The summed E-state index contributed by atoms with van der Waals surface area (Å²) in [6.45, 7) is 2.88. The fourth-order valence-corrected chi connectivity index (χ4v) is 3.90. The molecule has 0 aromatic heterocycles. The molecule has 0 heterocycles.